The predicted octanol–water partition coefficient (Wildman–Crippen LogP) is 2.00. The first kappa shape index (κ1) is 16.0. The van der Waals surface area contributed by atoms with Crippen molar-refractivity contribution >= 4 is 38.9 Å². The van der Waals surface area contributed by atoms with E-state index >= 15 is 0 Å². The number of benzene rings is 1. The van der Waals surface area contributed by atoms with E-state index in [0.717, 1.165) is 16.9 Å². The molecule has 2 aromatic rings. The van der Waals surface area contributed by atoms with Gasteiger partial charge in [0.2, 0.25) is 5.91 Å². The topological polar surface area (TPSA) is 75.3 Å². The summed E-state index contributed by atoms with van der Waals surface area (Å²) < 4.78 is 26.5. The molecule has 1 amide bonds. The van der Waals surface area contributed by atoms with E-state index in [1.54, 1.807) is 0 Å². The minimum absolute atomic E-state index is 0.0864. The second-order valence-electron chi connectivity index (χ2n) is 4.15. The van der Waals surface area contributed by atoms with Crippen molar-refractivity contribution in [2.45, 2.75) is 10.8 Å². The maximum atomic E-state index is 11.9. The zero-order valence-corrected chi connectivity index (χ0v) is 13.3. The van der Waals surface area contributed by atoms with Crippen LogP contribution in [0.1, 0.15) is 5.56 Å². The van der Waals surface area contributed by atoms with Crippen molar-refractivity contribution in [3.8, 4) is 0 Å². The lowest BCUT2D eigenvalue weighted by Crippen LogP contribution is -2.36. The van der Waals surface area contributed by atoms with Crippen LogP contribution in [0.4, 0.5) is 0 Å². The summed E-state index contributed by atoms with van der Waals surface area (Å²) in [4.78, 5) is 11.6. The first-order valence-corrected chi connectivity index (χ1v) is 8.71. The van der Waals surface area contributed by atoms with Crippen LogP contribution in [0.5, 0.6) is 0 Å². The molecule has 5 nitrogen and oxygen atoms in total. The average Bonchev–Trinajstić information content (AvgIpc) is 2.92. The molecule has 2 N–H and O–H groups in total. The Morgan fingerprint density at radius 3 is 2.48 bits per heavy atom. The second-order valence-corrected chi connectivity index (χ2v) is 7.85. The van der Waals surface area contributed by atoms with E-state index in [0.29, 0.717) is 10.9 Å². The highest BCUT2D eigenvalue weighted by molar-refractivity contribution is 7.91. The zero-order chi connectivity index (χ0) is 15.3. The quantitative estimate of drug-likeness (QED) is 0.841. The maximum absolute atomic E-state index is 11.9. The molecule has 0 aliphatic heterocycles. The molecule has 1 aromatic heterocycles. The largest absolute Gasteiger partial charge is 0.351 e. The number of thiophene rings is 1. The number of hydrogen-bond donors (Lipinski definition) is 2. The van der Waals surface area contributed by atoms with Gasteiger partial charge in [-0.3, -0.25) is 4.79 Å². The molecule has 112 valence electrons. The fraction of sp³-hybridized carbons (Fsp3) is 0.154. The van der Waals surface area contributed by atoms with Crippen LogP contribution in [-0.4, -0.2) is 20.9 Å². The predicted molar refractivity (Wildman–Crippen MR) is 82.8 cm³/mol. The third kappa shape index (κ3) is 4.82. The number of amides is 1. The van der Waals surface area contributed by atoms with Gasteiger partial charge in [0.1, 0.15) is 4.21 Å². The lowest BCUT2D eigenvalue weighted by molar-refractivity contribution is -0.120. The Hall–Kier alpha value is -1.41. The van der Waals surface area contributed by atoms with Gasteiger partial charge in [-0.15, -0.1) is 11.3 Å². The average molecular weight is 345 g/mol. The summed E-state index contributed by atoms with van der Waals surface area (Å²) in [5.74, 6) is -0.398. The monoisotopic (exact) mass is 344 g/mol. The highest BCUT2D eigenvalue weighted by Crippen LogP contribution is 2.25. The molecule has 0 radical (unpaired) electrons. The van der Waals surface area contributed by atoms with E-state index in [-0.39, 0.29) is 10.8 Å². The van der Waals surface area contributed by atoms with E-state index in [1.165, 1.54) is 12.1 Å². The van der Waals surface area contributed by atoms with Gasteiger partial charge in [-0.1, -0.05) is 41.9 Å². The summed E-state index contributed by atoms with van der Waals surface area (Å²) in [5.41, 5.74) is 0.943. The van der Waals surface area contributed by atoms with Crippen LogP contribution in [-0.2, 0) is 21.4 Å². The zero-order valence-electron chi connectivity index (χ0n) is 10.9. The molecule has 8 heteroatoms. The Bertz CT molecular complexity index is 714. The van der Waals surface area contributed by atoms with E-state index in [9.17, 15) is 13.2 Å². The lowest BCUT2D eigenvalue weighted by Gasteiger charge is -2.06. The molecule has 1 heterocycles. The van der Waals surface area contributed by atoms with Gasteiger partial charge in [-0.2, -0.15) is 0 Å². The number of hydrogen-bond acceptors (Lipinski definition) is 4. The molecule has 0 fully saturated rings. The van der Waals surface area contributed by atoms with Crippen LogP contribution >= 0.6 is 22.9 Å². The summed E-state index contributed by atoms with van der Waals surface area (Å²) in [6.45, 7) is 0.0386. The van der Waals surface area contributed by atoms with Crippen LogP contribution in [0.3, 0.4) is 0 Å². The third-order valence-corrected chi connectivity index (χ3v) is 5.69. The van der Waals surface area contributed by atoms with Crippen molar-refractivity contribution < 1.29 is 13.2 Å². The summed E-state index contributed by atoms with van der Waals surface area (Å²) in [7, 11) is -3.69. The molecule has 2 rings (SSSR count). The summed E-state index contributed by atoms with van der Waals surface area (Å²) in [5, 5.41) is 2.64. The van der Waals surface area contributed by atoms with Crippen molar-refractivity contribution in [3.63, 3.8) is 0 Å². The Balaban J connectivity index is 1.84. The van der Waals surface area contributed by atoms with E-state index in [1.807, 2.05) is 30.3 Å². The molecule has 0 spiro atoms. The maximum Gasteiger partial charge on any atom is 0.250 e. The summed E-state index contributed by atoms with van der Waals surface area (Å²) >= 11 is 6.63. The smallest absolute Gasteiger partial charge is 0.250 e. The van der Waals surface area contributed by atoms with Gasteiger partial charge in [0.15, 0.2) is 0 Å². The van der Waals surface area contributed by atoms with Crippen LogP contribution < -0.4 is 10.0 Å². The minimum Gasteiger partial charge on any atom is -0.351 e. The van der Waals surface area contributed by atoms with E-state index < -0.39 is 15.9 Å². The van der Waals surface area contributed by atoms with Gasteiger partial charge >= 0.3 is 0 Å². The SMILES string of the molecule is O=C(CNS(=O)(=O)c1ccc(Cl)s1)NCc1ccccc1. The molecule has 0 aliphatic rings. The number of halogens is 1. The van der Waals surface area contributed by atoms with E-state index in [4.69, 9.17) is 11.6 Å². The standard InChI is InChI=1S/C13H13ClN2O3S2/c14-11-6-7-13(20-11)21(18,19)16-9-12(17)15-8-10-4-2-1-3-5-10/h1-7,16H,8-9H2,(H,15,17). The van der Waals surface area contributed by atoms with Gasteiger partial charge in [-0.05, 0) is 17.7 Å². The molecule has 0 saturated heterocycles. The van der Waals surface area contributed by atoms with Crippen molar-refractivity contribution in [3.05, 3.63) is 52.4 Å². The molecule has 0 saturated carbocycles. The number of nitrogens with one attached hydrogen (secondary N) is 2. The Morgan fingerprint density at radius 1 is 1.14 bits per heavy atom. The molecular weight excluding hydrogens is 332 g/mol. The number of carbonyl (C=O) groups excluding carboxylic acids is 1. The van der Waals surface area contributed by atoms with Crippen LogP contribution in [0.25, 0.3) is 0 Å². The molecular formula is C13H13ClN2O3S2. The lowest BCUT2D eigenvalue weighted by atomic mass is 10.2. The second kappa shape index (κ2) is 7.04. The van der Waals surface area contributed by atoms with Crippen LogP contribution in [0.2, 0.25) is 4.34 Å². The van der Waals surface area contributed by atoms with Crippen molar-refractivity contribution in [1.29, 1.82) is 0 Å². The van der Waals surface area contributed by atoms with E-state index in [2.05, 4.69) is 10.0 Å². The first-order chi connectivity index (χ1) is 9.97. The van der Waals surface area contributed by atoms with Gasteiger partial charge < -0.3 is 5.32 Å². The summed E-state index contributed by atoms with van der Waals surface area (Å²) in [6.07, 6.45) is 0. The fourth-order valence-electron chi connectivity index (χ4n) is 1.53. The molecule has 0 aliphatic carbocycles. The Morgan fingerprint density at radius 2 is 1.86 bits per heavy atom. The fourth-order valence-corrected chi connectivity index (χ4v) is 4.04. The molecule has 0 bridgehead atoms. The normalized spacial score (nSPS) is 11.3. The molecule has 0 atom stereocenters. The molecule has 1 aromatic carbocycles. The van der Waals surface area contributed by atoms with Crippen molar-refractivity contribution in [2.24, 2.45) is 0 Å². The highest BCUT2D eigenvalue weighted by atomic mass is 35.5. The molecule has 21 heavy (non-hydrogen) atoms. The number of sulfonamides is 1. The molecule has 0 unspecified atom stereocenters. The summed E-state index contributed by atoms with van der Waals surface area (Å²) in [6, 6.07) is 12.3. The number of rotatable bonds is 6. The van der Waals surface area contributed by atoms with Gasteiger partial charge in [0.25, 0.3) is 10.0 Å². The van der Waals surface area contributed by atoms with Gasteiger partial charge in [0, 0.05) is 6.54 Å². The number of carbonyl (C=O) groups is 1. The van der Waals surface area contributed by atoms with Crippen LogP contribution in [0, 0.1) is 0 Å². The van der Waals surface area contributed by atoms with Crippen molar-refractivity contribution in [2.75, 3.05) is 6.54 Å². The van der Waals surface area contributed by atoms with Crippen LogP contribution in [0.15, 0.2) is 46.7 Å². The minimum atomic E-state index is -3.69. The van der Waals surface area contributed by atoms with Gasteiger partial charge in [-0.25, -0.2) is 13.1 Å². The Labute approximate surface area is 132 Å². The highest BCUT2D eigenvalue weighted by Gasteiger charge is 2.17. The first-order valence-electron chi connectivity index (χ1n) is 6.03. The van der Waals surface area contributed by atoms with Crippen molar-refractivity contribution in [1.82, 2.24) is 10.0 Å². The third-order valence-electron chi connectivity index (χ3n) is 2.57. The van der Waals surface area contributed by atoms with Gasteiger partial charge in [0.05, 0.1) is 10.9 Å². The Kier molecular flexibility index (Phi) is 5.35.